The second-order valence-electron chi connectivity index (χ2n) is 5.77. The zero-order chi connectivity index (χ0) is 16.3. The van der Waals surface area contributed by atoms with E-state index in [0.29, 0.717) is 5.69 Å². The minimum absolute atomic E-state index is 0.158. The Morgan fingerprint density at radius 2 is 1.76 bits per heavy atom. The fraction of sp³-hybridized carbons (Fsp3) is 0.500. The van der Waals surface area contributed by atoms with Crippen molar-refractivity contribution in [1.82, 2.24) is 4.72 Å². The Morgan fingerprint density at radius 3 is 2.19 bits per heavy atom. The number of alkyl halides is 1. The summed E-state index contributed by atoms with van der Waals surface area (Å²) < 4.78 is 26.4. The monoisotopic (exact) mass is 332 g/mol. The normalized spacial score (nSPS) is 12.5. The van der Waals surface area contributed by atoms with Gasteiger partial charge in [-0.2, -0.15) is 0 Å². The lowest BCUT2D eigenvalue weighted by Crippen LogP contribution is -2.32. The summed E-state index contributed by atoms with van der Waals surface area (Å²) in [6.45, 7) is 6.97. The molecule has 0 bridgehead atoms. The second-order valence-corrected chi connectivity index (χ2v) is 7.75. The zero-order valence-corrected chi connectivity index (χ0v) is 14.2. The first-order valence-corrected chi connectivity index (χ1v) is 8.60. The largest absolute Gasteiger partial charge is 0.326 e. The number of benzene rings is 1. The second kappa shape index (κ2) is 6.77. The van der Waals surface area contributed by atoms with E-state index in [4.69, 9.17) is 11.6 Å². The Kier molecular flexibility index (Phi) is 5.78. The van der Waals surface area contributed by atoms with Crippen molar-refractivity contribution < 1.29 is 13.2 Å². The van der Waals surface area contributed by atoms with Crippen LogP contribution in [0.3, 0.4) is 0 Å². The number of rotatable bonds is 6. The van der Waals surface area contributed by atoms with Crippen LogP contribution in [0.2, 0.25) is 0 Å². The third-order valence-electron chi connectivity index (χ3n) is 2.76. The van der Waals surface area contributed by atoms with Gasteiger partial charge < -0.3 is 5.32 Å². The third kappa shape index (κ3) is 4.98. The van der Waals surface area contributed by atoms with Gasteiger partial charge in [-0.05, 0) is 52.0 Å². The molecule has 0 radical (unpaired) electrons. The minimum atomic E-state index is -3.52. The van der Waals surface area contributed by atoms with Crippen LogP contribution in [0.25, 0.3) is 0 Å². The SMILES string of the molecule is CC(C)NS(=O)(=O)c1ccc(NC(=O)C(C)(C)CCl)cc1. The van der Waals surface area contributed by atoms with E-state index in [1.165, 1.54) is 12.1 Å². The van der Waals surface area contributed by atoms with Crippen molar-refractivity contribution in [3.05, 3.63) is 24.3 Å². The standard InChI is InChI=1S/C14H21ClN2O3S/c1-10(2)17-21(19,20)12-7-5-11(6-8-12)16-13(18)14(3,4)9-15/h5-8,10,17H,9H2,1-4H3,(H,16,18). The Balaban J connectivity index is 2.87. The van der Waals surface area contributed by atoms with Crippen LogP contribution in [0.5, 0.6) is 0 Å². The zero-order valence-electron chi connectivity index (χ0n) is 12.6. The van der Waals surface area contributed by atoms with Gasteiger partial charge in [-0.25, -0.2) is 13.1 Å². The molecule has 0 saturated carbocycles. The van der Waals surface area contributed by atoms with Gasteiger partial charge in [0.1, 0.15) is 0 Å². The molecule has 0 aromatic heterocycles. The van der Waals surface area contributed by atoms with Gasteiger partial charge in [-0.3, -0.25) is 4.79 Å². The molecule has 0 heterocycles. The molecule has 7 heteroatoms. The highest BCUT2D eigenvalue weighted by molar-refractivity contribution is 7.89. The number of hydrogen-bond donors (Lipinski definition) is 2. The topological polar surface area (TPSA) is 75.3 Å². The summed E-state index contributed by atoms with van der Waals surface area (Å²) in [7, 11) is -3.52. The van der Waals surface area contributed by atoms with Crippen molar-refractivity contribution in [2.45, 2.75) is 38.6 Å². The van der Waals surface area contributed by atoms with E-state index >= 15 is 0 Å². The van der Waals surface area contributed by atoms with Crippen LogP contribution in [-0.2, 0) is 14.8 Å². The van der Waals surface area contributed by atoms with Crippen molar-refractivity contribution >= 4 is 33.2 Å². The van der Waals surface area contributed by atoms with Crippen molar-refractivity contribution in [2.75, 3.05) is 11.2 Å². The molecule has 5 nitrogen and oxygen atoms in total. The summed E-state index contributed by atoms with van der Waals surface area (Å²) in [5.74, 6) is -0.0164. The number of amides is 1. The first-order chi connectivity index (χ1) is 9.58. The van der Waals surface area contributed by atoms with Crippen LogP contribution in [0.1, 0.15) is 27.7 Å². The average molecular weight is 333 g/mol. The summed E-state index contributed by atoms with van der Waals surface area (Å²) in [4.78, 5) is 12.1. The van der Waals surface area contributed by atoms with Gasteiger partial charge >= 0.3 is 0 Å². The average Bonchev–Trinajstić information content (AvgIpc) is 2.37. The van der Waals surface area contributed by atoms with Crippen LogP contribution >= 0.6 is 11.6 Å². The molecule has 0 saturated heterocycles. The predicted octanol–water partition coefficient (Wildman–Crippen LogP) is 2.58. The highest BCUT2D eigenvalue weighted by Gasteiger charge is 2.26. The third-order valence-corrected chi connectivity index (χ3v) is 5.10. The molecule has 0 spiro atoms. The Morgan fingerprint density at radius 1 is 1.24 bits per heavy atom. The number of halogens is 1. The molecular weight excluding hydrogens is 312 g/mol. The fourth-order valence-corrected chi connectivity index (χ4v) is 2.83. The van der Waals surface area contributed by atoms with E-state index in [0.717, 1.165) is 0 Å². The molecule has 1 rings (SSSR count). The smallest absolute Gasteiger partial charge is 0.240 e. The van der Waals surface area contributed by atoms with E-state index in [-0.39, 0.29) is 22.7 Å². The lowest BCUT2D eigenvalue weighted by atomic mass is 9.95. The molecule has 2 N–H and O–H groups in total. The summed E-state index contributed by atoms with van der Waals surface area (Å²) in [5, 5.41) is 2.71. The minimum Gasteiger partial charge on any atom is -0.326 e. The number of hydrogen-bond acceptors (Lipinski definition) is 3. The first-order valence-electron chi connectivity index (χ1n) is 6.58. The molecule has 0 aliphatic heterocycles. The molecule has 118 valence electrons. The Bertz CT molecular complexity index is 595. The van der Waals surface area contributed by atoms with E-state index < -0.39 is 15.4 Å². The highest BCUT2D eigenvalue weighted by Crippen LogP contribution is 2.21. The lowest BCUT2D eigenvalue weighted by molar-refractivity contribution is -0.122. The van der Waals surface area contributed by atoms with Crippen molar-refractivity contribution in [2.24, 2.45) is 5.41 Å². The fourth-order valence-electron chi connectivity index (χ4n) is 1.46. The maximum atomic E-state index is 12.0. The van der Waals surface area contributed by atoms with Gasteiger partial charge in [0, 0.05) is 17.6 Å². The van der Waals surface area contributed by atoms with Crippen LogP contribution in [0.15, 0.2) is 29.2 Å². The van der Waals surface area contributed by atoms with Gasteiger partial charge in [0.25, 0.3) is 0 Å². The molecule has 0 fully saturated rings. The summed E-state index contributed by atoms with van der Waals surface area (Å²) in [5.41, 5.74) is -0.160. The van der Waals surface area contributed by atoms with Gasteiger partial charge in [0.2, 0.25) is 15.9 Å². The van der Waals surface area contributed by atoms with Gasteiger partial charge in [0.05, 0.1) is 10.3 Å². The van der Waals surface area contributed by atoms with E-state index in [9.17, 15) is 13.2 Å². The molecule has 0 aliphatic carbocycles. The number of carbonyl (C=O) groups excluding carboxylic acids is 1. The number of nitrogens with one attached hydrogen (secondary N) is 2. The molecule has 1 amide bonds. The quantitative estimate of drug-likeness (QED) is 0.786. The van der Waals surface area contributed by atoms with Crippen LogP contribution in [-0.4, -0.2) is 26.2 Å². The van der Waals surface area contributed by atoms with Crippen molar-refractivity contribution in [1.29, 1.82) is 0 Å². The maximum Gasteiger partial charge on any atom is 0.240 e. The lowest BCUT2D eigenvalue weighted by Gasteiger charge is -2.20. The molecule has 0 unspecified atom stereocenters. The Labute approximate surface area is 131 Å². The molecule has 0 aliphatic rings. The molecule has 1 aromatic rings. The van der Waals surface area contributed by atoms with Crippen molar-refractivity contribution in [3.8, 4) is 0 Å². The number of carbonyl (C=O) groups is 1. The van der Waals surface area contributed by atoms with E-state index in [1.54, 1.807) is 39.8 Å². The van der Waals surface area contributed by atoms with E-state index in [2.05, 4.69) is 10.0 Å². The van der Waals surface area contributed by atoms with Gasteiger partial charge in [0.15, 0.2) is 0 Å². The number of anilines is 1. The highest BCUT2D eigenvalue weighted by atomic mass is 35.5. The molecule has 21 heavy (non-hydrogen) atoms. The van der Waals surface area contributed by atoms with Crippen molar-refractivity contribution in [3.63, 3.8) is 0 Å². The molecule has 0 atom stereocenters. The van der Waals surface area contributed by atoms with Crippen LogP contribution in [0.4, 0.5) is 5.69 Å². The Hall–Kier alpha value is -1.11. The first kappa shape index (κ1) is 17.9. The summed E-state index contributed by atoms with van der Waals surface area (Å²) in [6, 6.07) is 5.83. The van der Waals surface area contributed by atoms with E-state index in [1.807, 2.05) is 0 Å². The van der Waals surface area contributed by atoms with Gasteiger partial charge in [-0.15, -0.1) is 11.6 Å². The molecular formula is C14H21ClN2O3S. The van der Waals surface area contributed by atoms with Crippen LogP contribution in [0, 0.1) is 5.41 Å². The maximum absolute atomic E-state index is 12.0. The predicted molar refractivity (Wildman–Crippen MR) is 85.0 cm³/mol. The molecule has 1 aromatic carbocycles. The number of sulfonamides is 1. The summed E-state index contributed by atoms with van der Waals surface area (Å²) in [6.07, 6.45) is 0. The summed E-state index contributed by atoms with van der Waals surface area (Å²) >= 11 is 5.74. The van der Waals surface area contributed by atoms with Gasteiger partial charge in [-0.1, -0.05) is 0 Å². The van der Waals surface area contributed by atoms with Crippen LogP contribution < -0.4 is 10.0 Å².